The van der Waals surface area contributed by atoms with Gasteiger partial charge in [0.15, 0.2) is 0 Å². The SMILES string of the molecule is CCCCCCOc1nc(N)cc(Br)n1. The van der Waals surface area contributed by atoms with E-state index in [0.29, 0.717) is 23.0 Å². The zero-order valence-corrected chi connectivity index (χ0v) is 10.5. The minimum atomic E-state index is 0.346. The highest BCUT2D eigenvalue weighted by Gasteiger charge is 2.01. The van der Waals surface area contributed by atoms with Gasteiger partial charge in [0.05, 0.1) is 6.61 Å². The lowest BCUT2D eigenvalue weighted by Crippen LogP contribution is -2.03. The summed E-state index contributed by atoms with van der Waals surface area (Å²) >= 11 is 3.24. The Kier molecular flexibility index (Phi) is 5.39. The molecule has 4 nitrogen and oxygen atoms in total. The number of nitrogens with zero attached hydrogens (tertiary/aromatic N) is 2. The molecule has 84 valence electrons. The van der Waals surface area contributed by atoms with Crippen LogP contribution in [-0.2, 0) is 0 Å². The third-order valence-corrected chi connectivity index (χ3v) is 2.33. The molecule has 0 radical (unpaired) electrons. The predicted octanol–water partition coefficient (Wildman–Crippen LogP) is 2.78. The van der Waals surface area contributed by atoms with E-state index in [1.165, 1.54) is 19.3 Å². The molecule has 5 heteroatoms. The molecule has 1 heterocycles. The summed E-state index contributed by atoms with van der Waals surface area (Å²) in [5, 5.41) is 0. The summed E-state index contributed by atoms with van der Waals surface area (Å²) in [7, 11) is 0. The molecule has 0 aliphatic heterocycles. The second-order valence-corrected chi connectivity index (χ2v) is 4.12. The van der Waals surface area contributed by atoms with Crippen molar-refractivity contribution in [2.45, 2.75) is 32.6 Å². The zero-order chi connectivity index (χ0) is 11.1. The van der Waals surface area contributed by atoms with Crippen LogP contribution in [0.25, 0.3) is 0 Å². The summed E-state index contributed by atoms with van der Waals surface area (Å²) in [6.07, 6.45) is 4.68. The first-order valence-corrected chi connectivity index (χ1v) is 5.94. The Morgan fingerprint density at radius 2 is 2.13 bits per heavy atom. The molecule has 0 atom stereocenters. The van der Waals surface area contributed by atoms with Gasteiger partial charge in [-0.3, -0.25) is 0 Å². The lowest BCUT2D eigenvalue weighted by Gasteiger charge is -2.04. The number of rotatable bonds is 6. The van der Waals surface area contributed by atoms with Crippen LogP contribution < -0.4 is 10.5 Å². The highest BCUT2D eigenvalue weighted by atomic mass is 79.9. The molecule has 1 aromatic rings. The van der Waals surface area contributed by atoms with E-state index in [9.17, 15) is 0 Å². The molecule has 1 rings (SSSR count). The van der Waals surface area contributed by atoms with Crippen molar-refractivity contribution in [1.82, 2.24) is 9.97 Å². The number of halogens is 1. The van der Waals surface area contributed by atoms with E-state index in [0.717, 1.165) is 6.42 Å². The molecule has 0 aromatic carbocycles. The first kappa shape index (κ1) is 12.2. The smallest absolute Gasteiger partial charge is 0.319 e. The van der Waals surface area contributed by atoms with E-state index in [1.54, 1.807) is 6.07 Å². The third kappa shape index (κ3) is 4.97. The van der Waals surface area contributed by atoms with Crippen molar-refractivity contribution in [3.63, 3.8) is 0 Å². The summed E-state index contributed by atoms with van der Waals surface area (Å²) in [4.78, 5) is 8.02. The van der Waals surface area contributed by atoms with Gasteiger partial charge in [-0.05, 0) is 22.4 Å². The van der Waals surface area contributed by atoms with E-state index >= 15 is 0 Å². The molecule has 0 amide bonds. The molecule has 0 aliphatic rings. The van der Waals surface area contributed by atoms with Gasteiger partial charge in [-0.15, -0.1) is 0 Å². The first-order chi connectivity index (χ1) is 7.22. The van der Waals surface area contributed by atoms with Crippen molar-refractivity contribution >= 4 is 21.7 Å². The van der Waals surface area contributed by atoms with Gasteiger partial charge < -0.3 is 10.5 Å². The number of nitrogen functional groups attached to an aromatic ring is 1. The van der Waals surface area contributed by atoms with Gasteiger partial charge in [-0.1, -0.05) is 26.2 Å². The van der Waals surface area contributed by atoms with Gasteiger partial charge in [0.25, 0.3) is 0 Å². The van der Waals surface area contributed by atoms with Crippen molar-refractivity contribution in [3.8, 4) is 6.01 Å². The fourth-order valence-corrected chi connectivity index (χ4v) is 1.56. The van der Waals surface area contributed by atoms with Crippen molar-refractivity contribution in [2.24, 2.45) is 0 Å². The molecule has 0 saturated heterocycles. The maximum Gasteiger partial charge on any atom is 0.319 e. The van der Waals surface area contributed by atoms with Crippen molar-refractivity contribution in [3.05, 3.63) is 10.7 Å². The third-order valence-electron chi connectivity index (χ3n) is 1.92. The van der Waals surface area contributed by atoms with Crippen LogP contribution in [0.1, 0.15) is 32.6 Å². The standard InChI is InChI=1S/C10H16BrN3O/c1-2-3-4-5-6-15-10-13-8(11)7-9(12)14-10/h7H,2-6H2,1H3,(H2,12,13,14). The average Bonchev–Trinajstić information content (AvgIpc) is 2.16. The highest BCUT2D eigenvalue weighted by molar-refractivity contribution is 9.10. The summed E-state index contributed by atoms with van der Waals surface area (Å²) in [5.41, 5.74) is 5.55. The molecule has 15 heavy (non-hydrogen) atoms. The van der Waals surface area contributed by atoms with Crippen LogP contribution in [0.15, 0.2) is 10.7 Å². The Balaban J connectivity index is 2.31. The normalized spacial score (nSPS) is 10.3. The number of hydrogen-bond donors (Lipinski definition) is 1. The van der Waals surface area contributed by atoms with Crippen LogP contribution in [0, 0.1) is 0 Å². The number of anilines is 1. The maximum absolute atomic E-state index is 5.55. The fourth-order valence-electron chi connectivity index (χ4n) is 1.17. The van der Waals surface area contributed by atoms with E-state index in [4.69, 9.17) is 10.5 Å². The summed E-state index contributed by atoms with van der Waals surface area (Å²) in [6, 6.07) is 1.99. The fraction of sp³-hybridized carbons (Fsp3) is 0.600. The van der Waals surface area contributed by atoms with Crippen LogP contribution in [0.4, 0.5) is 5.82 Å². The largest absolute Gasteiger partial charge is 0.463 e. The van der Waals surface area contributed by atoms with Gasteiger partial charge in [-0.2, -0.15) is 9.97 Å². The van der Waals surface area contributed by atoms with Crippen LogP contribution in [-0.4, -0.2) is 16.6 Å². The highest BCUT2D eigenvalue weighted by Crippen LogP contribution is 2.14. The Bertz CT molecular complexity index is 286. The molecule has 0 bridgehead atoms. The van der Waals surface area contributed by atoms with Crippen molar-refractivity contribution < 1.29 is 4.74 Å². The minimum absolute atomic E-state index is 0.346. The molecule has 2 N–H and O–H groups in total. The van der Waals surface area contributed by atoms with E-state index in [-0.39, 0.29) is 0 Å². The molecule has 0 unspecified atom stereocenters. The van der Waals surface area contributed by atoms with Gasteiger partial charge in [0.1, 0.15) is 10.4 Å². The monoisotopic (exact) mass is 273 g/mol. The summed E-state index contributed by atoms with van der Waals surface area (Å²) in [5.74, 6) is 0.417. The van der Waals surface area contributed by atoms with Gasteiger partial charge in [0.2, 0.25) is 0 Å². The Hall–Kier alpha value is -0.840. The Labute approximate surface area is 98.4 Å². The number of hydrogen-bond acceptors (Lipinski definition) is 4. The molecular weight excluding hydrogens is 258 g/mol. The van der Waals surface area contributed by atoms with Crippen LogP contribution in [0.3, 0.4) is 0 Å². The van der Waals surface area contributed by atoms with Gasteiger partial charge in [-0.25, -0.2) is 0 Å². The Morgan fingerprint density at radius 1 is 1.33 bits per heavy atom. The molecular formula is C10H16BrN3O. The molecule has 0 spiro atoms. The van der Waals surface area contributed by atoms with Crippen molar-refractivity contribution in [1.29, 1.82) is 0 Å². The number of nitrogens with two attached hydrogens (primary N) is 1. The van der Waals surface area contributed by atoms with Crippen molar-refractivity contribution in [2.75, 3.05) is 12.3 Å². The second-order valence-electron chi connectivity index (χ2n) is 3.31. The lowest BCUT2D eigenvalue weighted by molar-refractivity contribution is 0.281. The quantitative estimate of drug-likeness (QED) is 0.640. The lowest BCUT2D eigenvalue weighted by atomic mass is 10.2. The van der Waals surface area contributed by atoms with Gasteiger partial charge >= 0.3 is 6.01 Å². The van der Waals surface area contributed by atoms with E-state index in [2.05, 4.69) is 32.8 Å². The topological polar surface area (TPSA) is 61.0 Å². The van der Waals surface area contributed by atoms with Crippen LogP contribution in [0.5, 0.6) is 6.01 Å². The average molecular weight is 274 g/mol. The van der Waals surface area contributed by atoms with Crippen LogP contribution in [0.2, 0.25) is 0 Å². The number of ether oxygens (including phenoxy) is 1. The first-order valence-electron chi connectivity index (χ1n) is 5.15. The number of aromatic nitrogens is 2. The molecule has 1 aromatic heterocycles. The second kappa shape index (κ2) is 6.61. The zero-order valence-electron chi connectivity index (χ0n) is 8.87. The van der Waals surface area contributed by atoms with E-state index < -0.39 is 0 Å². The van der Waals surface area contributed by atoms with E-state index in [1.807, 2.05) is 0 Å². The minimum Gasteiger partial charge on any atom is -0.463 e. The molecule has 0 aliphatic carbocycles. The number of unbranched alkanes of at least 4 members (excludes halogenated alkanes) is 3. The summed E-state index contributed by atoms with van der Waals surface area (Å²) < 4.78 is 6.03. The van der Waals surface area contributed by atoms with Gasteiger partial charge in [0, 0.05) is 6.07 Å². The maximum atomic E-state index is 5.55. The molecule has 0 fully saturated rings. The molecule has 0 saturated carbocycles. The predicted molar refractivity (Wildman–Crippen MR) is 63.8 cm³/mol. The van der Waals surface area contributed by atoms with Crippen LogP contribution >= 0.6 is 15.9 Å². The Morgan fingerprint density at radius 3 is 2.80 bits per heavy atom. The summed E-state index contributed by atoms with van der Waals surface area (Å²) in [6.45, 7) is 2.83.